The van der Waals surface area contributed by atoms with Gasteiger partial charge in [0.25, 0.3) is 0 Å². The first-order chi connectivity index (χ1) is 8.12. The summed E-state index contributed by atoms with van der Waals surface area (Å²) in [5, 5.41) is 0. The molecule has 1 fully saturated rings. The highest BCUT2D eigenvalue weighted by atomic mass is 16.5. The van der Waals surface area contributed by atoms with Crippen LogP contribution in [-0.2, 0) is 9.47 Å². The fraction of sp³-hybridized carbons (Fsp3) is 0.571. The Balaban J connectivity index is 2.92. The van der Waals surface area contributed by atoms with E-state index >= 15 is 0 Å². The minimum atomic E-state index is 0.406. The van der Waals surface area contributed by atoms with Gasteiger partial charge in [-0.3, -0.25) is 0 Å². The number of nitrogens with zero attached hydrogens (tertiary/aromatic N) is 1. The monoisotopic (exact) mass is 237 g/mol. The van der Waals surface area contributed by atoms with E-state index in [-0.39, 0.29) is 0 Å². The molecule has 1 saturated heterocycles. The molecule has 96 valence electrons. The van der Waals surface area contributed by atoms with E-state index in [2.05, 4.69) is 24.6 Å². The largest absolute Gasteiger partial charge is 0.498 e. The first-order valence-corrected chi connectivity index (χ1v) is 5.92. The third-order valence-corrected chi connectivity index (χ3v) is 3.24. The molecule has 3 heteroatoms. The average Bonchev–Trinajstić information content (AvgIpc) is 2.36. The van der Waals surface area contributed by atoms with Gasteiger partial charge in [0.15, 0.2) is 5.76 Å². The number of hydrogen-bond donors (Lipinski definition) is 0. The Morgan fingerprint density at radius 2 is 2.12 bits per heavy atom. The molecule has 0 bridgehead atoms. The van der Waals surface area contributed by atoms with Gasteiger partial charge in [-0.05, 0) is 26.5 Å². The molecular weight excluding hydrogens is 214 g/mol. The molecule has 0 aromatic carbocycles. The number of ether oxygens (including phenoxy) is 2. The van der Waals surface area contributed by atoms with Gasteiger partial charge in [-0.25, -0.2) is 0 Å². The number of piperidine rings is 1. The Kier molecular flexibility index (Phi) is 5.29. The molecule has 1 aliphatic heterocycles. The fourth-order valence-corrected chi connectivity index (χ4v) is 2.03. The summed E-state index contributed by atoms with van der Waals surface area (Å²) in [6.45, 7) is 7.93. The van der Waals surface area contributed by atoms with Crippen molar-refractivity contribution in [1.29, 1.82) is 0 Å². The fourth-order valence-electron chi connectivity index (χ4n) is 2.03. The highest BCUT2D eigenvalue weighted by Crippen LogP contribution is 2.25. The Labute approximate surface area is 104 Å². The lowest BCUT2D eigenvalue weighted by Crippen LogP contribution is -2.32. The lowest BCUT2D eigenvalue weighted by Gasteiger charge is -2.30. The molecule has 0 aliphatic carbocycles. The van der Waals surface area contributed by atoms with Gasteiger partial charge in [-0.15, -0.1) is 6.58 Å². The van der Waals surface area contributed by atoms with E-state index < -0.39 is 0 Å². The normalized spacial score (nSPS) is 25.4. The zero-order valence-corrected chi connectivity index (χ0v) is 11.3. The van der Waals surface area contributed by atoms with Crippen LogP contribution < -0.4 is 0 Å². The second kappa shape index (κ2) is 6.50. The molecule has 0 aromatic heterocycles. The van der Waals surface area contributed by atoms with Crippen molar-refractivity contribution in [3.05, 3.63) is 35.8 Å². The number of hydrogen-bond acceptors (Lipinski definition) is 3. The maximum atomic E-state index is 5.36. The van der Waals surface area contributed by atoms with Gasteiger partial charge in [0.05, 0.1) is 14.2 Å². The Morgan fingerprint density at radius 3 is 2.65 bits per heavy atom. The molecule has 0 aromatic rings. The van der Waals surface area contributed by atoms with Crippen molar-refractivity contribution in [2.24, 2.45) is 5.92 Å². The van der Waals surface area contributed by atoms with Gasteiger partial charge in [-0.1, -0.05) is 11.6 Å². The molecule has 3 nitrogen and oxygen atoms in total. The van der Waals surface area contributed by atoms with E-state index in [9.17, 15) is 0 Å². The number of methoxy groups -OCH3 is 2. The molecule has 1 heterocycles. The van der Waals surface area contributed by atoms with E-state index in [4.69, 9.17) is 9.47 Å². The molecule has 1 unspecified atom stereocenters. The summed E-state index contributed by atoms with van der Waals surface area (Å²) < 4.78 is 10.6. The van der Waals surface area contributed by atoms with Crippen LogP contribution >= 0.6 is 0 Å². The van der Waals surface area contributed by atoms with E-state index in [0.29, 0.717) is 5.92 Å². The first kappa shape index (κ1) is 13.8. The molecule has 1 atom stereocenters. The minimum absolute atomic E-state index is 0.406. The third kappa shape index (κ3) is 3.63. The highest BCUT2D eigenvalue weighted by Gasteiger charge is 2.20. The topological polar surface area (TPSA) is 21.7 Å². The molecular formula is C14H23NO2. The first-order valence-electron chi connectivity index (χ1n) is 5.92. The molecule has 0 N–H and O–H groups in total. The van der Waals surface area contributed by atoms with Gasteiger partial charge in [0.1, 0.15) is 5.76 Å². The van der Waals surface area contributed by atoms with Crippen molar-refractivity contribution in [3.63, 3.8) is 0 Å². The van der Waals surface area contributed by atoms with E-state index in [0.717, 1.165) is 31.0 Å². The summed E-state index contributed by atoms with van der Waals surface area (Å²) in [6, 6.07) is 0. The van der Waals surface area contributed by atoms with Crippen molar-refractivity contribution in [2.45, 2.75) is 13.3 Å². The van der Waals surface area contributed by atoms with Crippen LogP contribution in [0.15, 0.2) is 35.8 Å². The molecule has 0 saturated carbocycles. The van der Waals surface area contributed by atoms with Gasteiger partial charge in [0, 0.05) is 19.0 Å². The van der Waals surface area contributed by atoms with E-state index in [1.54, 1.807) is 14.2 Å². The molecule has 1 rings (SSSR count). The van der Waals surface area contributed by atoms with Crippen molar-refractivity contribution in [2.75, 3.05) is 34.4 Å². The van der Waals surface area contributed by atoms with Gasteiger partial charge >= 0.3 is 0 Å². The average molecular weight is 237 g/mol. The predicted octanol–water partition coefficient (Wildman–Crippen LogP) is 2.57. The zero-order valence-electron chi connectivity index (χ0n) is 11.3. The number of rotatable bonds is 4. The lowest BCUT2D eigenvalue weighted by molar-refractivity contribution is 0.230. The smallest absolute Gasteiger partial charge is 0.156 e. The lowest BCUT2D eigenvalue weighted by atomic mass is 9.91. The second-order valence-electron chi connectivity index (χ2n) is 4.40. The van der Waals surface area contributed by atoms with Gasteiger partial charge in [-0.2, -0.15) is 0 Å². The minimum Gasteiger partial charge on any atom is -0.498 e. The molecule has 17 heavy (non-hydrogen) atoms. The van der Waals surface area contributed by atoms with Crippen molar-refractivity contribution in [3.8, 4) is 0 Å². The van der Waals surface area contributed by atoms with Crippen LogP contribution in [0, 0.1) is 5.92 Å². The molecule has 0 amide bonds. The van der Waals surface area contributed by atoms with Crippen LogP contribution in [0.5, 0.6) is 0 Å². The molecule has 1 aliphatic rings. The summed E-state index contributed by atoms with van der Waals surface area (Å²) >= 11 is 0. The maximum Gasteiger partial charge on any atom is 0.156 e. The van der Waals surface area contributed by atoms with Crippen LogP contribution in [-0.4, -0.2) is 39.3 Å². The number of allylic oxidation sites excluding steroid dienone is 2. The highest BCUT2D eigenvalue weighted by molar-refractivity contribution is 5.26. The third-order valence-electron chi connectivity index (χ3n) is 3.24. The quantitative estimate of drug-likeness (QED) is 0.554. The van der Waals surface area contributed by atoms with Crippen molar-refractivity contribution in [1.82, 2.24) is 4.90 Å². The Bertz CT molecular complexity index is 331. The van der Waals surface area contributed by atoms with Crippen LogP contribution in [0.1, 0.15) is 13.3 Å². The van der Waals surface area contributed by atoms with Crippen LogP contribution in [0.3, 0.4) is 0 Å². The second-order valence-corrected chi connectivity index (χ2v) is 4.40. The van der Waals surface area contributed by atoms with E-state index in [1.165, 1.54) is 5.57 Å². The predicted molar refractivity (Wildman–Crippen MR) is 70.6 cm³/mol. The molecule has 0 spiro atoms. The molecule has 0 radical (unpaired) electrons. The van der Waals surface area contributed by atoms with Gasteiger partial charge in [0.2, 0.25) is 0 Å². The van der Waals surface area contributed by atoms with Gasteiger partial charge < -0.3 is 14.4 Å². The standard InChI is InChI=1S/C14H23NO2/c1-6-12-10-15(3)8-7-13(12)9-14(17-5)11(2)16-4/h6,9,12H,1,7-8,10H2,2-5H3/b13-9-,14-11-. The summed E-state index contributed by atoms with van der Waals surface area (Å²) in [7, 11) is 5.47. The number of likely N-dealkylation sites (tertiary alicyclic amines) is 1. The summed E-state index contributed by atoms with van der Waals surface area (Å²) in [5.41, 5.74) is 1.37. The maximum absolute atomic E-state index is 5.36. The summed E-state index contributed by atoms with van der Waals surface area (Å²) in [6.07, 6.45) is 5.16. The Morgan fingerprint density at radius 1 is 1.41 bits per heavy atom. The Hall–Kier alpha value is -1.22. The van der Waals surface area contributed by atoms with Crippen LogP contribution in [0.2, 0.25) is 0 Å². The summed E-state index contributed by atoms with van der Waals surface area (Å²) in [5.74, 6) is 2.02. The van der Waals surface area contributed by atoms with Crippen molar-refractivity contribution < 1.29 is 9.47 Å². The zero-order chi connectivity index (χ0) is 12.8. The van der Waals surface area contributed by atoms with Crippen LogP contribution in [0.25, 0.3) is 0 Å². The summed E-state index contributed by atoms with van der Waals surface area (Å²) in [4.78, 5) is 2.32. The van der Waals surface area contributed by atoms with E-state index in [1.807, 2.05) is 13.0 Å². The van der Waals surface area contributed by atoms with Crippen LogP contribution in [0.4, 0.5) is 0 Å². The SMILES string of the molecule is C=CC1CN(C)CC/C1=C/C(OC)=C(\C)OC. The van der Waals surface area contributed by atoms with Crippen molar-refractivity contribution >= 4 is 0 Å².